The normalized spacial score (nSPS) is 15.6. The van der Waals surface area contributed by atoms with Crippen LogP contribution in [0.15, 0.2) is 30.5 Å². The van der Waals surface area contributed by atoms with Gasteiger partial charge in [0.1, 0.15) is 5.82 Å². The molecule has 2 aromatic rings. The van der Waals surface area contributed by atoms with Crippen molar-refractivity contribution in [2.24, 2.45) is 7.05 Å². The van der Waals surface area contributed by atoms with Crippen LogP contribution in [0.5, 0.6) is 0 Å². The monoisotopic (exact) mass is 229 g/mol. The van der Waals surface area contributed by atoms with E-state index in [0.717, 1.165) is 24.7 Å². The lowest BCUT2D eigenvalue weighted by Gasteiger charge is -2.26. The maximum Gasteiger partial charge on any atom is 0.153 e. The van der Waals surface area contributed by atoms with Gasteiger partial charge in [0, 0.05) is 44.0 Å². The topological polar surface area (TPSA) is 54.8 Å². The van der Waals surface area contributed by atoms with Gasteiger partial charge in [0.15, 0.2) is 5.82 Å². The van der Waals surface area contributed by atoms with Crippen LogP contribution in [-0.4, -0.2) is 27.9 Å². The summed E-state index contributed by atoms with van der Waals surface area (Å²) in [5.74, 6) is 2.27. The highest BCUT2D eigenvalue weighted by Crippen LogP contribution is 2.23. The Morgan fingerprint density at radius 1 is 1.35 bits per heavy atom. The van der Waals surface area contributed by atoms with Crippen LogP contribution in [0.3, 0.4) is 0 Å². The van der Waals surface area contributed by atoms with Crippen molar-refractivity contribution in [1.29, 1.82) is 0 Å². The number of rotatable bonds is 3. The highest BCUT2D eigenvalue weighted by atomic mass is 15.3. The van der Waals surface area contributed by atoms with Gasteiger partial charge in [-0.15, -0.1) is 0 Å². The second kappa shape index (κ2) is 4.18. The summed E-state index contributed by atoms with van der Waals surface area (Å²) in [4.78, 5) is 4.22. The van der Waals surface area contributed by atoms with E-state index in [9.17, 15) is 0 Å². The van der Waals surface area contributed by atoms with E-state index in [1.54, 1.807) is 6.20 Å². The highest BCUT2D eigenvalue weighted by Gasteiger charge is 2.22. The second-order valence-corrected chi connectivity index (χ2v) is 4.27. The summed E-state index contributed by atoms with van der Waals surface area (Å²) in [5, 5.41) is 10.9. The lowest BCUT2D eigenvalue weighted by Crippen LogP contribution is -2.40. The van der Waals surface area contributed by atoms with Crippen LogP contribution in [0.1, 0.15) is 11.6 Å². The minimum atomic E-state index is 0.590. The van der Waals surface area contributed by atoms with Crippen molar-refractivity contribution < 1.29 is 0 Å². The summed E-state index contributed by atoms with van der Waals surface area (Å²) < 4.78 is 1.94. The molecular weight excluding hydrogens is 214 g/mol. The average molecular weight is 229 g/mol. The first kappa shape index (κ1) is 10.3. The molecule has 5 nitrogen and oxygen atoms in total. The lowest BCUT2D eigenvalue weighted by atomic mass is 9.99. The van der Waals surface area contributed by atoms with Gasteiger partial charge in [0.25, 0.3) is 0 Å². The minimum absolute atomic E-state index is 0.590. The average Bonchev–Trinajstić information content (AvgIpc) is 2.59. The van der Waals surface area contributed by atoms with Gasteiger partial charge in [-0.3, -0.25) is 4.68 Å². The quantitative estimate of drug-likeness (QED) is 0.831. The molecule has 0 aromatic carbocycles. The third kappa shape index (κ3) is 2.01. The van der Waals surface area contributed by atoms with Crippen LogP contribution >= 0.6 is 0 Å². The third-order valence-corrected chi connectivity index (χ3v) is 3.04. The van der Waals surface area contributed by atoms with Gasteiger partial charge >= 0.3 is 0 Å². The molecule has 1 aliphatic heterocycles. The lowest BCUT2D eigenvalue weighted by molar-refractivity contribution is 0.424. The van der Waals surface area contributed by atoms with E-state index in [1.165, 1.54) is 5.69 Å². The Morgan fingerprint density at radius 2 is 2.24 bits per heavy atom. The van der Waals surface area contributed by atoms with E-state index in [2.05, 4.69) is 26.8 Å². The number of nitrogens with one attached hydrogen (secondary N) is 2. The molecule has 88 valence electrons. The Morgan fingerprint density at radius 3 is 2.88 bits per heavy atom. The first-order chi connectivity index (χ1) is 8.33. The fraction of sp³-hybridized carbons (Fsp3) is 0.333. The van der Waals surface area contributed by atoms with Gasteiger partial charge in [0.05, 0.1) is 0 Å². The first-order valence-electron chi connectivity index (χ1n) is 5.75. The summed E-state index contributed by atoms with van der Waals surface area (Å²) in [6.07, 6.45) is 1.77. The molecule has 0 spiro atoms. The van der Waals surface area contributed by atoms with Gasteiger partial charge < -0.3 is 10.6 Å². The molecule has 3 heterocycles. The van der Waals surface area contributed by atoms with Crippen molar-refractivity contribution in [3.63, 3.8) is 0 Å². The van der Waals surface area contributed by atoms with Crippen molar-refractivity contribution in [3.05, 3.63) is 36.2 Å². The number of aryl methyl sites for hydroxylation is 1. The van der Waals surface area contributed by atoms with Gasteiger partial charge in [0.2, 0.25) is 0 Å². The molecule has 0 bridgehead atoms. The van der Waals surface area contributed by atoms with Crippen LogP contribution in [0.4, 0.5) is 11.6 Å². The smallest absolute Gasteiger partial charge is 0.153 e. The molecule has 0 saturated carbocycles. The van der Waals surface area contributed by atoms with Gasteiger partial charge in [-0.2, -0.15) is 5.10 Å². The van der Waals surface area contributed by atoms with Gasteiger partial charge in [-0.25, -0.2) is 4.98 Å². The molecule has 1 aliphatic rings. The van der Waals surface area contributed by atoms with Crippen molar-refractivity contribution in [3.8, 4) is 0 Å². The Labute approximate surface area is 99.9 Å². The summed E-state index contributed by atoms with van der Waals surface area (Å²) in [6.45, 7) is 2.09. The molecule has 17 heavy (non-hydrogen) atoms. The van der Waals surface area contributed by atoms with Crippen molar-refractivity contribution >= 4 is 11.6 Å². The van der Waals surface area contributed by atoms with Gasteiger partial charge in [-0.1, -0.05) is 6.07 Å². The van der Waals surface area contributed by atoms with Crippen LogP contribution in [0.2, 0.25) is 0 Å². The zero-order chi connectivity index (χ0) is 11.7. The van der Waals surface area contributed by atoms with E-state index in [1.807, 2.05) is 29.9 Å². The number of nitrogens with zero attached hydrogens (tertiary/aromatic N) is 3. The van der Waals surface area contributed by atoms with Crippen LogP contribution in [0, 0.1) is 0 Å². The second-order valence-electron chi connectivity index (χ2n) is 4.27. The fourth-order valence-electron chi connectivity index (χ4n) is 1.99. The number of aromatic nitrogens is 3. The van der Waals surface area contributed by atoms with Crippen molar-refractivity contribution in [2.75, 3.05) is 18.4 Å². The van der Waals surface area contributed by atoms with E-state index >= 15 is 0 Å². The van der Waals surface area contributed by atoms with Crippen LogP contribution < -0.4 is 10.6 Å². The number of hydrogen-bond donors (Lipinski definition) is 2. The van der Waals surface area contributed by atoms with Crippen molar-refractivity contribution in [1.82, 2.24) is 20.1 Å². The largest absolute Gasteiger partial charge is 0.323 e. The summed E-state index contributed by atoms with van der Waals surface area (Å²) >= 11 is 0. The van der Waals surface area contributed by atoms with E-state index < -0.39 is 0 Å². The maximum absolute atomic E-state index is 4.45. The molecule has 3 rings (SSSR count). The predicted molar refractivity (Wildman–Crippen MR) is 66.3 cm³/mol. The van der Waals surface area contributed by atoms with E-state index in [-0.39, 0.29) is 0 Å². The Kier molecular flexibility index (Phi) is 2.53. The van der Waals surface area contributed by atoms with Gasteiger partial charge in [-0.05, 0) is 12.1 Å². The Balaban J connectivity index is 1.80. The van der Waals surface area contributed by atoms with Crippen molar-refractivity contribution in [2.45, 2.75) is 5.92 Å². The van der Waals surface area contributed by atoms with E-state index in [4.69, 9.17) is 0 Å². The molecule has 0 unspecified atom stereocenters. The Bertz CT molecular complexity index is 501. The molecule has 1 fully saturated rings. The fourth-order valence-corrected chi connectivity index (χ4v) is 1.99. The summed E-state index contributed by atoms with van der Waals surface area (Å²) in [7, 11) is 1.98. The first-order valence-corrected chi connectivity index (χ1v) is 5.75. The molecule has 0 atom stereocenters. The standard InChI is InChI=1S/C12H15N5/c1-17-10(9-7-13-8-9)6-12(16-17)15-11-4-2-3-5-14-11/h2-6,9,13H,7-8H2,1H3,(H,14,15,16). The highest BCUT2D eigenvalue weighted by molar-refractivity contribution is 5.51. The molecule has 5 heteroatoms. The molecule has 2 N–H and O–H groups in total. The molecule has 2 aromatic heterocycles. The third-order valence-electron chi connectivity index (χ3n) is 3.04. The van der Waals surface area contributed by atoms with Crippen LogP contribution in [-0.2, 0) is 7.05 Å². The molecular formula is C12H15N5. The summed E-state index contributed by atoms with van der Waals surface area (Å²) in [5.41, 5.74) is 1.27. The van der Waals surface area contributed by atoms with Crippen LogP contribution in [0.25, 0.3) is 0 Å². The molecule has 1 saturated heterocycles. The SMILES string of the molecule is Cn1nc(Nc2ccccn2)cc1C1CNC1. The predicted octanol–water partition coefficient (Wildman–Crippen LogP) is 1.25. The molecule has 0 radical (unpaired) electrons. The Hall–Kier alpha value is -1.88. The molecule has 0 aliphatic carbocycles. The summed E-state index contributed by atoms with van der Waals surface area (Å²) in [6, 6.07) is 7.88. The van der Waals surface area contributed by atoms with E-state index in [0.29, 0.717) is 5.92 Å². The maximum atomic E-state index is 4.45. The number of pyridine rings is 1. The number of hydrogen-bond acceptors (Lipinski definition) is 4. The molecule has 0 amide bonds. The zero-order valence-electron chi connectivity index (χ0n) is 9.72. The number of anilines is 2. The minimum Gasteiger partial charge on any atom is -0.323 e. The zero-order valence-corrected chi connectivity index (χ0v) is 9.72.